The molecule has 2 heterocycles. The Balaban J connectivity index is 1.32. The molecule has 2 aromatic heterocycles. The van der Waals surface area contributed by atoms with Crippen molar-refractivity contribution in [2.45, 2.75) is 51.6 Å². The van der Waals surface area contributed by atoms with Crippen molar-refractivity contribution in [3.8, 4) is 0 Å². The maximum Gasteiger partial charge on any atom is 0.336 e. The van der Waals surface area contributed by atoms with E-state index in [-0.39, 0.29) is 71.0 Å². The number of hydrogen-bond acceptors (Lipinski definition) is 11. The Hall–Kier alpha value is -5.93. The maximum absolute atomic E-state index is 14.9. The number of anilines is 3. The molecule has 9 N–H and O–H groups in total. The van der Waals surface area contributed by atoms with Gasteiger partial charge in [0.15, 0.2) is 17.0 Å². The van der Waals surface area contributed by atoms with E-state index in [4.69, 9.17) is 11.5 Å². The molecule has 0 aliphatic carbocycles. The van der Waals surface area contributed by atoms with Crippen LogP contribution in [0.1, 0.15) is 75.9 Å². The second-order valence-corrected chi connectivity index (χ2v) is 11.6. The van der Waals surface area contributed by atoms with Crippen LogP contribution in [0.15, 0.2) is 42.6 Å². The van der Waals surface area contributed by atoms with Gasteiger partial charge in [-0.3, -0.25) is 9.59 Å². The van der Waals surface area contributed by atoms with Gasteiger partial charge in [-0.15, -0.1) is 0 Å². The lowest BCUT2D eigenvalue weighted by Crippen LogP contribution is -2.41. The van der Waals surface area contributed by atoms with Crippen LogP contribution in [0.3, 0.4) is 0 Å². The molecule has 0 aliphatic heterocycles. The number of benzene rings is 2. The van der Waals surface area contributed by atoms with Gasteiger partial charge in [-0.2, -0.15) is 9.97 Å². The highest BCUT2D eigenvalue weighted by molar-refractivity contribution is 6.05. The number of aliphatic carboxylic acids is 1. The Kier molecular flexibility index (Phi) is 10.1. The average Bonchev–Trinajstić information content (AvgIpc) is 3.00. The topological polar surface area (TPSA) is 248 Å². The number of aromatic nitrogens is 4. The van der Waals surface area contributed by atoms with Crippen LogP contribution in [-0.4, -0.2) is 66.5 Å². The maximum atomic E-state index is 14.9. The normalized spacial score (nSPS) is 11.9. The molecule has 4 aromatic rings. The fourth-order valence-corrected chi connectivity index (χ4v) is 4.55. The molecule has 15 nitrogen and oxygen atoms in total. The first-order valence-electron chi connectivity index (χ1n) is 14.4. The average molecular weight is 648 g/mol. The first-order valence-corrected chi connectivity index (χ1v) is 14.4. The monoisotopic (exact) mass is 647 g/mol. The van der Waals surface area contributed by atoms with E-state index in [0.717, 1.165) is 11.6 Å². The summed E-state index contributed by atoms with van der Waals surface area (Å²) in [6, 6.07) is 6.92. The van der Waals surface area contributed by atoms with E-state index in [1.54, 1.807) is 6.07 Å². The second kappa shape index (κ2) is 14.0. The smallest absolute Gasteiger partial charge is 0.336 e. The summed E-state index contributed by atoms with van der Waals surface area (Å²) in [7, 11) is 0. The highest BCUT2D eigenvalue weighted by atomic mass is 19.1. The van der Waals surface area contributed by atoms with E-state index < -0.39 is 35.6 Å². The Morgan fingerprint density at radius 2 is 1.66 bits per heavy atom. The number of fused-ring (bicyclic) bond motifs is 1. The number of halogens is 1. The molecule has 0 spiro atoms. The number of hydrogen-bond donors (Lipinski definition) is 7. The van der Waals surface area contributed by atoms with E-state index in [0.29, 0.717) is 11.4 Å². The van der Waals surface area contributed by atoms with Gasteiger partial charge in [0, 0.05) is 12.2 Å². The zero-order valence-corrected chi connectivity index (χ0v) is 25.8. The second-order valence-electron chi connectivity index (χ2n) is 11.6. The highest BCUT2D eigenvalue weighted by Gasteiger charge is 2.24. The molecule has 2 aromatic carbocycles. The molecule has 4 rings (SSSR count). The number of carboxylic acids is 2. The largest absolute Gasteiger partial charge is 0.480 e. The molecule has 0 aliphatic rings. The molecule has 0 bridgehead atoms. The summed E-state index contributed by atoms with van der Waals surface area (Å²) in [5.41, 5.74) is 12.5. The lowest BCUT2D eigenvalue weighted by Gasteiger charge is -2.20. The minimum absolute atomic E-state index is 0.00253. The molecular formula is C31H34FN9O6. The van der Waals surface area contributed by atoms with Gasteiger partial charge in [0.1, 0.15) is 11.9 Å². The Labute approximate surface area is 268 Å². The SMILES string of the molecule is CC(C)(C)c1ccc(C(=O)NCCC[C@H](NC(=O)c2ccc(NCc3cnc4nc(N)nc(N)c4n3)cc2F)C(=O)O)c(C(=O)O)c1. The van der Waals surface area contributed by atoms with E-state index >= 15 is 0 Å². The van der Waals surface area contributed by atoms with Gasteiger partial charge in [0.05, 0.1) is 35.1 Å². The summed E-state index contributed by atoms with van der Waals surface area (Å²) in [5.74, 6) is -5.05. The summed E-state index contributed by atoms with van der Waals surface area (Å²) in [6.45, 7) is 5.88. The molecule has 2 amide bonds. The summed E-state index contributed by atoms with van der Waals surface area (Å²) in [5, 5.41) is 27.1. The molecule has 246 valence electrons. The van der Waals surface area contributed by atoms with Crippen LogP contribution in [0.5, 0.6) is 0 Å². The Bertz CT molecular complexity index is 1860. The first-order chi connectivity index (χ1) is 22.1. The van der Waals surface area contributed by atoms with E-state index in [9.17, 15) is 33.8 Å². The molecule has 0 saturated carbocycles. The van der Waals surface area contributed by atoms with Crippen molar-refractivity contribution in [3.05, 3.63) is 76.4 Å². The van der Waals surface area contributed by atoms with Crippen molar-refractivity contribution in [1.82, 2.24) is 30.6 Å². The Morgan fingerprint density at radius 3 is 2.32 bits per heavy atom. The number of amides is 2. The first kappa shape index (κ1) is 34.0. The minimum atomic E-state index is -1.38. The molecule has 0 radical (unpaired) electrons. The highest BCUT2D eigenvalue weighted by Crippen LogP contribution is 2.25. The standard InChI is InChI=1S/C31H34FN9O6/c1-31(2,3)15-6-8-18(20(11-15)28(44)45)26(42)35-10-4-5-22(29(46)47)39-27(43)19-9-7-16(12-21(19)32)36-13-17-14-37-25-23(38-17)24(33)40-30(34)41-25/h6-9,11-12,14,22,36H,4-5,10,13H2,1-3H3,(H,35,42)(H,39,43)(H,44,45)(H,46,47)(H4,33,34,37,40,41)/t22-/m0/s1. The van der Waals surface area contributed by atoms with Gasteiger partial charge in [0.2, 0.25) is 5.95 Å². The van der Waals surface area contributed by atoms with Gasteiger partial charge in [-0.05, 0) is 54.2 Å². The van der Waals surface area contributed by atoms with Crippen LogP contribution in [-0.2, 0) is 16.8 Å². The van der Waals surface area contributed by atoms with Crippen molar-refractivity contribution < 1.29 is 33.8 Å². The fraction of sp³-hybridized carbons (Fsp3) is 0.290. The van der Waals surface area contributed by atoms with Crippen molar-refractivity contribution in [1.29, 1.82) is 0 Å². The third-order valence-electron chi connectivity index (χ3n) is 7.11. The lowest BCUT2D eigenvalue weighted by atomic mass is 9.85. The molecule has 0 unspecified atom stereocenters. The summed E-state index contributed by atoms with van der Waals surface area (Å²) in [4.78, 5) is 65.4. The van der Waals surface area contributed by atoms with Crippen LogP contribution in [0.25, 0.3) is 11.2 Å². The zero-order valence-electron chi connectivity index (χ0n) is 25.8. The minimum Gasteiger partial charge on any atom is -0.480 e. The number of nitrogens with one attached hydrogen (secondary N) is 3. The van der Waals surface area contributed by atoms with Crippen LogP contribution < -0.4 is 27.4 Å². The third-order valence-corrected chi connectivity index (χ3v) is 7.11. The van der Waals surface area contributed by atoms with E-state index in [1.165, 1.54) is 30.5 Å². The molecule has 0 saturated heterocycles. The van der Waals surface area contributed by atoms with E-state index in [1.807, 2.05) is 20.8 Å². The summed E-state index contributed by atoms with van der Waals surface area (Å²) < 4.78 is 14.9. The van der Waals surface area contributed by atoms with Crippen molar-refractivity contribution >= 4 is 52.4 Å². The van der Waals surface area contributed by atoms with Crippen LogP contribution in [0, 0.1) is 5.82 Å². The number of rotatable bonds is 12. The zero-order chi connectivity index (χ0) is 34.5. The number of nitrogens with zero attached hydrogens (tertiary/aromatic N) is 4. The third kappa shape index (κ3) is 8.42. The van der Waals surface area contributed by atoms with Crippen LogP contribution in [0.4, 0.5) is 21.8 Å². The Morgan fingerprint density at radius 1 is 0.936 bits per heavy atom. The fourth-order valence-electron chi connectivity index (χ4n) is 4.55. The number of carboxylic acid groups (broad SMARTS) is 2. The van der Waals surface area contributed by atoms with Gasteiger partial charge in [-0.25, -0.2) is 23.9 Å². The molecule has 1 atom stereocenters. The number of nitrogens with two attached hydrogens (primary N) is 2. The van der Waals surface area contributed by atoms with Gasteiger partial charge in [-0.1, -0.05) is 26.8 Å². The van der Waals surface area contributed by atoms with E-state index in [2.05, 4.69) is 35.9 Å². The molecule has 0 fully saturated rings. The predicted octanol–water partition coefficient (Wildman–Crippen LogP) is 2.72. The number of carbonyl (C=O) groups is 4. The molecular weight excluding hydrogens is 613 g/mol. The molecule has 47 heavy (non-hydrogen) atoms. The molecule has 16 heteroatoms. The summed E-state index contributed by atoms with van der Waals surface area (Å²) >= 11 is 0. The lowest BCUT2D eigenvalue weighted by molar-refractivity contribution is -0.139. The quantitative estimate of drug-likeness (QED) is 0.109. The number of carbonyl (C=O) groups excluding carboxylic acids is 2. The van der Waals surface area contributed by atoms with Gasteiger partial charge < -0.3 is 37.6 Å². The van der Waals surface area contributed by atoms with Gasteiger partial charge in [0.25, 0.3) is 11.8 Å². The van der Waals surface area contributed by atoms with Crippen molar-refractivity contribution in [2.75, 3.05) is 23.3 Å². The van der Waals surface area contributed by atoms with Crippen molar-refractivity contribution in [2.24, 2.45) is 0 Å². The number of aromatic carboxylic acids is 1. The summed E-state index contributed by atoms with van der Waals surface area (Å²) in [6.07, 6.45) is 1.47. The van der Waals surface area contributed by atoms with Gasteiger partial charge >= 0.3 is 11.9 Å². The van der Waals surface area contributed by atoms with Crippen LogP contribution in [0.2, 0.25) is 0 Å². The van der Waals surface area contributed by atoms with Crippen LogP contribution >= 0.6 is 0 Å². The predicted molar refractivity (Wildman–Crippen MR) is 170 cm³/mol. The number of nitrogen functional groups attached to an aromatic ring is 2. The van der Waals surface area contributed by atoms with Crippen molar-refractivity contribution in [3.63, 3.8) is 0 Å².